The van der Waals surface area contributed by atoms with Gasteiger partial charge in [-0.05, 0) is 0 Å². The molecule has 0 saturated carbocycles. The van der Waals surface area contributed by atoms with Gasteiger partial charge in [0.05, 0.1) is 6.54 Å². The molecule has 1 aliphatic heterocycles. The molecule has 0 radical (unpaired) electrons. The largest absolute Gasteiger partial charge is 0.347 e. The molecular formula is C14H21N7. The van der Waals surface area contributed by atoms with Gasteiger partial charge in [-0.2, -0.15) is 0 Å². The quantitative estimate of drug-likeness (QED) is 0.639. The van der Waals surface area contributed by atoms with Crippen LogP contribution in [-0.2, 0) is 18.5 Å². The molecule has 1 aliphatic rings. The molecule has 7 nitrogen and oxygen atoms in total. The van der Waals surface area contributed by atoms with E-state index < -0.39 is 0 Å². The fourth-order valence-corrected chi connectivity index (χ4v) is 2.37. The van der Waals surface area contributed by atoms with E-state index in [2.05, 4.69) is 45.6 Å². The summed E-state index contributed by atoms with van der Waals surface area (Å²) in [6.07, 6.45) is 3.85. The molecule has 2 aromatic heterocycles. The van der Waals surface area contributed by atoms with Crippen LogP contribution in [0.2, 0.25) is 0 Å². The Bertz CT molecular complexity index is 641. The summed E-state index contributed by atoms with van der Waals surface area (Å²) in [4.78, 5) is 15.8. The molecule has 0 bridgehead atoms. The first-order chi connectivity index (χ1) is 9.97. The van der Waals surface area contributed by atoms with Crippen molar-refractivity contribution in [1.82, 2.24) is 19.5 Å². The number of nitrogens with zero attached hydrogens (tertiary/aromatic N) is 5. The average Bonchev–Trinajstić information content (AvgIpc) is 2.93. The zero-order valence-corrected chi connectivity index (χ0v) is 12.7. The van der Waals surface area contributed by atoms with E-state index in [1.54, 1.807) is 0 Å². The lowest BCUT2D eigenvalue weighted by atomic mass is 9.96. The Morgan fingerprint density at radius 3 is 2.76 bits per heavy atom. The van der Waals surface area contributed by atoms with Gasteiger partial charge in [-0.1, -0.05) is 20.8 Å². The number of nitrogens with two attached hydrogens (primary N) is 1. The summed E-state index contributed by atoms with van der Waals surface area (Å²) < 4.78 is 2.17. The number of nitrogen functional groups attached to an aromatic ring is 1. The second-order valence-corrected chi connectivity index (χ2v) is 6.29. The Labute approximate surface area is 124 Å². The predicted octanol–water partition coefficient (Wildman–Crippen LogP) is 1.28. The third-order valence-electron chi connectivity index (χ3n) is 3.60. The molecule has 0 unspecified atom stereocenters. The first-order valence-electron chi connectivity index (χ1n) is 7.08. The SMILES string of the molecule is CC(C)(C)c1nc(NN)cc(N2CCn3ccnc3C2)n1. The van der Waals surface area contributed by atoms with Crippen LogP contribution in [0, 0.1) is 0 Å². The summed E-state index contributed by atoms with van der Waals surface area (Å²) in [6.45, 7) is 8.83. The van der Waals surface area contributed by atoms with Crippen LogP contribution >= 0.6 is 0 Å². The van der Waals surface area contributed by atoms with Gasteiger partial charge in [0.15, 0.2) is 0 Å². The van der Waals surface area contributed by atoms with Crippen molar-refractivity contribution in [2.45, 2.75) is 39.3 Å². The lowest BCUT2D eigenvalue weighted by molar-refractivity contribution is 0.532. The number of anilines is 2. The molecule has 0 fully saturated rings. The van der Waals surface area contributed by atoms with Crippen LogP contribution in [0.5, 0.6) is 0 Å². The summed E-state index contributed by atoms with van der Waals surface area (Å²) in [5.74, 6) is 8.90. The van der Waals surface area contributed by atoms with Gasteiger partial charge in [0.2, 0.25) is 0 Å². The van der Waals surface area contributed by atoms with E-state index in [1.165, 1.54) is 0 Å². The van der Waals surface area contributed by atoms with Crippen molar-refractivity contribution in [2.24, 2.45) is 5.84 Å². The lowest BCUT2D eigenvalue weighted by Crippen LogP contribution is -2.35. The number of hydrazine groups is 1. The van der Waals surface area contributed by atoms with Crippen LogP contribution in [-0.4, -0.2) is 26.1 Å². The van der Waals surface area contributed by atoms with Crippen molar-refractivity contribution < 1.29 is 0 Å². The Balaban J connectivity index is 1.95. The molecule has 2 aromatic rings. The third-order valence-corrected chi connectivity index (χ3v) is 3.60. The number of imidazole rings is 1. The first kappa shape index (κ1) is 13.8. The van der Waals surface area contributed by atoms with Crippen LogP contribution in [0.4, 0.5) is 11.6 Å². The van der Waals surface area contributed by atoms with Crippen LogP contribution in [0.15, 0.2) is 18.5 Å². The van der Waals surface area contributed by atoms with Gasteiger partial charge in [0.1, 0.15) is 23.3 Å². The molecule has 0 amide bonds. The third kappa shape index (κ3) is 2.69. The van der Waals surface area contributed by atoms with Crippen LogP contribution in [0.1, 0.15) is 32.4 Å². The molecular weight excluding hydrogens is 266 g/mol. The normalized spacial score (nSPS) is 15.0. The van der Waals surface area contributed by atoms with Gasteiger partial charge in [0, 0.05) is 37.0 Å². The van der Waals surface area contributed by atoms with E-state index in [0.29, 0.717) is 5.82 Å². The molecule has 0 spiro atoms. The minimum Gasteiger partial charge on any atom is -0.347 e. The number of hydrogen-bond acceptors (Lipinski definition) is 6. The van der Waals surface area contributed by atoms with Crippen LogP contribution in [0.25, 0.3) is 0 Å². The Morgan fingerprint density at radius 2 is 2.05 bits per heavy atom. The van der Waals surface area contributed by atoms with Crippen molar-refractivity contribution in [1.29, 1.82) is 0 Å². The molecule has 0 atom stereocenters. The molecule has 0 aliphatic carbocycles. The van der Waals surface area contributed by atoms with Crippen molar-refractivity contribution >= 4 is 11.6 Å². The highest BCUT2D eigenvalue weighted by Crippen LogP contribution is 2.25. The van der Waals surface area contributed by atoms with E-state index in [9.17, 15) is 0 Å². The number of nitrogens with one attached hydrogen (secondary N) is 1. The minimum absolute atomic E-state index is 0.129. The van der Waals surface area contributed by atoms with Crippen molar-refractivity contribution in [3.8, 4) is 0 Å². The Hall–Kier alpha value is -2.15. The van der Waals surface area contributed by atoms with Gasteiger partial charge in [-0.15, -0.1) is 0 Å². The molecule has 3 heterocycles. The fraction of sp³-hybridized carbons (Fsp3) is 0.500. The first-order valence-corrected chi connectivity index (χ1v) is 7.08. The number of rotatable bonds is 2. The summed E-state index contributed by atoms with van der Waals surface area (Å²) >= 11 is 0. The highest BCUT2D eigenvalue weighted by Gasteiger charge is 2.23. The van der Waals surface area contributed by atoms with Crippen LogP contribution in [0.3, 0.4) is 0 Å². The molecule has 3 N–H and O–H groups in total. The lowest BCUT2D eigenvalue weighted by Gasteiger charge is -2.30. The summed E-state index contributed by atoms with van der Waals surface area (Å²) in [7, 11) is 0. The second-order valence-electron chi connectivity index (χ2n) is 6.29. The zero-order valence-electron chi connectivity index (χ0n) is 12.7. The maximum absolute atomic E-state index is 5.55. The highest BCUT2D eigenvalue weighted by molar-refractivity contribution is 5.49. The smallest absolute Gasteiger partial charge is 0.145 e. The summed E-state index contributed by atoms with van der Waals surface area (Å²) in [5, 5.41) is 0. The average molecular weight is 287 g/mol. The molecule has 112 valence electrons. The van der Waals surface area contributed by atoms with E-state index in [0.717, 1.165) is 37.1 Å². The second kappa shape index (κ2) is 5.00. The van der Waals surface area contributed by atoms with Crippen molar-refractivity contribution in [3.05, 3.63) is 30.1 Å². The predicted molar refractivity (Wildman–Crippen MR) is 81.8 cm³/mol. The van der Waals surface area contributed by atoms with Crippen LogP contribution < -0.4 is 16.2 Å². The standard InChI is InChI=1S/C14H21N7/c1-14(2,3)13-17-10(19-15)8-11(18-13)21-7-6-20-5-4-16-12(20)9-21/h4-5,8H,6-7,9,15H2,1-3H3,(H,17,18,19). The topological polar surface area (TPSA) is 84.9 Å². The molecule has 0 aromatic carbocycles. The van der Waals surface area contributed by atoms with Gasteiger partial charge in [0.25, 0.3) is 0 Å². The minimum atomic E-state index is -0.129. The highest BCUT2D eigenvalue weighted by atomic mass is 15.3. The summed E-state index contributed by atoms with van der Waals surface area (Å²) in [6, 6.07) is 1.88. The van der Waals surface area contributed by atoms with Gasteiger partial charge in [-0.25, -0.2) is 20.8 Å². The van der Waals surface area contributed by atoms with Crippen molar-refractivity contribution in [3.63, 3.8) is 0 Å². The molecule has 21 heavy (non-hydrogen) atoms. The van der Waals surface area contributed by atoms with E-state index in [1.807, 2.05) is 18.5 Å². The van der Waals surface area contributed by atoms with Gasteiger partial charge < -0.3 is 14.9 Å². The zero-order chi connectivity index (χ0) is 15.0. The molecule has 0 saturated heterocycles. The number of aromatic nitrogens is 4. The van der Waals surface area contributed by atoms with Crippen molar-refractivity contribution in [2.75, 3.05) is 16.9 Å². The monoisotopic (exact) mass is 287 g/mol. The number of fused-ring (bicyclic) bond motifs is 1. The Kier molecular flexibility index (Phi) is 3.29. The molecule has 3 rings (SSSR count). The van der Waals surface area contributed by atoms with E-state index in [-0.39, 0.29) is 5.41 Å². The fourth-order valence-electron chi connectivity index (χ4n) is 2.37. The molecule has 7 heteroatoms. The van der Waals surface area contributed by atoms with Gasteiger partial charge >= 0.3 is 0 Å². The van der Waals surface area contributed by atoms with Gasteiger partial charge in [-0.3, -0.25) is 0 Å². The number of hydrogen-bond donors (Lipinski definition) is 2. The summed E-state index contributed by atoms with van der Waals surface area (Å²) in [5.41, 5.74) is 2.51. The maximum atomic E-state index is 5.55. The van der Waals surface area contributed by atoms with E-state index in [4.69, 9.17) is 10.8 Å². The maximum Gasteiger partial charge on any atom is 0.145 e. The van der Waals surface area contributed by atoms with E-state index >= 15 is 0 Å². The Morgan fingerprint density at radius 1 is 1.24 bits per heavy atom.